The Bertz CT molecular complexity index is 1980. The van der Waals surface area contributed by atoms with Gasteiger partial charge in [0, 0.05) is 38.1 Å². The lowest BCUT2D eigenvalue weighted by Gasteiger charge is -2.34. The summed E-state index contributed by atoms with van der Waals surface area (Å²) in [6.45, 7) is 4.36. The highest BCUT2D eigenvalue weighted by Crippen LogP contribution is 2.49. The van der Waals surface area contributed by atoms with Gasteiger partial charge in [-0.3, -0.25) is 4.79 Å². The van der Waals surface area contributed by atoms with Gasteiger partial charge < -0.3 is 4.40 Å². The number of nitriles is 2. The minimum atomic E-state index is -0.360. The normalized spacial score (nSPS) is 14.4. The van der Waals surface area contributed by atoms with Gasteiger partial charge in [-0.05, 0) is 41.5 Å². The first-order chi connectivity index (χ1) is 16.5. The first kappa shape index (κ1) is 18.9. The van der Waals surface area contributed by atoms with E-state index in [1.165, 1.54) is 0 Å². The number of fused-ring (bicyclic) bond motifs is 9. The van der Waals surface area contributed by atoms with Crippen molar-refractivity contribution in [1.29, 1.82) is 10.5 Å². The fraction of sp³-hybridized carbons (Fsp3) is 0.100. The zero-order valence-corrected chi connectivity index (χ0v) is 18.6. The fourth-order valence-corrected chi connectivity index (χ4v) is 5.99. The number of aromatic nitrogens is 1. The summed E-state index contributed by atoms with van der Waals surface area (Å²) in [5, 5.41) is 23.1. The molecule has 34 heavy (non-hydrogen) atoms. The Hall–Kier alpha value is -4.67. The number of ketones is 1. The molecule has 0 saturated heterocycles. The van der Waals surface area contributed by atoms with Crippen molar-refractivity contribution in [3.05, 3.63) is 100 Å². The van der Waals surface area contributed by atoms with Crippen LogP contribution in [-0.2, 0) is 5.41 Å². The monoisotopic (exact) mass is 435 g/mol. The van der Waals surface area contributed by atoms with Crippen LogP contribution >= 0.6 is 0 Å². The van der Waals surface area contributed by atoms with E-state index in [2.05, 4.69) is 42.5 Å². The molecule has 1 aliphatic carbocycles. The molecule has 158 valence electrons. The summed E-state index contributed by atoms with van der Waals surface area (Å²) in [6.07, 6.45) is 0. The third-order valence-corrected chi connectivity index (χ3v) is 7.56. The Morgan fingerprint density at radius 3 is 2.12 bits per heavy atom. The van der Waals surface area contributed by atoms with Gasteiger partial charge in [0.05, 0.1) is 39.8 Å². The number of hydrogen-bond donors (Lipinski definition) is 0. The van der Waals surface area contributed by atoms with Crippen molar-refractivity contribution in [2.24, 2.45) is 0 Å². The summed E-state index contributed by atoms with van der Waals surface area (Å²) in [7, 11) is 0. The molecular formula is C30H17N3O. The third kappa shape index (κ3) is 2.04. The van der Waals surface area contributed by atoms with Gasteiger partial charge in [-0.25, -0.2) is 0 Å². The molecule has 1 aliphatic rings. The van der Waals surface area contributed by atoms with Crippen LogP contribution in [0.1, 0.15) is 52.0 Å². The molecule has 0 unspecified atom stereocenters. The van der Waals surface area contributed by atoms with E-state index >= 15 is 0 Å². The molecule has 0 aliphatic heterocycles. The second-order valence-corrected chi connectivity index (χ2v) is 9.59. The molecule has 2 heterocycles. The maximum absolute atomic E-state index is 14.0. The summed E-state index contributed by atoms with van der Waals surface area (Å²) in [4.78, 5) is 14.0. The van der Waals surface area contributed by atoms with Crippen molar-refractivity contribution in [1.82, 2.24) is 4.40 Å². The molecule has 2 aromatic heterocycles. The van der Waals surface area contributed by atoms with Crippen LogP contribution < -0.4 is 0 Å². The SMILES string of the molecule is CC1(C)c2ccccc2C(=O)c2c1cc1c3ccc(C#N)cc3n3c4cc(C#N)ccc4c2c13. The third-order valence-electron chi connectivity index (χ3n) is 7.56. The Kier molecular flexibility index (Phi) is 3.33. The van der Waals surface area contributed by atoms with Gasteiger partial charge in [0.15, 0.2) is 5.78 Å². The van der Waals surface area contributed by atoms with Crippen LogP contribution in [0.15, 0.2) is 66.7 Å². The maximum Gasteiger partial charge on any atom is 0.194 e. The van der Waals surface area contributed by atoms with Crippen molar-refractivity contribution in [3.63, 3.8) is 0 Å². The predicted molar refractivity (Wildman–Crippen MR) is 133 cm³/mol. The molecule has 0 fully saturated rings. The zero-order chi connectivity index (χ0) is 23.4. The van der Waals surface area contributed by atoms with Gasteiger partial charge in [-0.15, -0.1) is 0 Å². The topological polar surface area (TPSA) is 69.1 Å². The van der Waals surface area contributed by atoms with Gasteiger partial charge in [0.2, 0.25) is 0 Å². The van der Waals surface area contributed by atoms with Crippen LogP contribution in [-0.4, -0.2) is 10.2 Å². The summed E-state index contributed by atoms with van der Waals surface area (Å²) in [5.74, 6) is 0.0357. The lowest BCUT2D eigenvalue weighted by molar-refractivity contribution is 0.103. The summed E-state index contributed by atoms with van der Waals surface area (Å²) >= 11 is 0. The Morgan fingerprint density at radius 1 is 0.765 bits per heavy atom. The molecule has 0 atom stereocenters. The molecular weight excluding hydrogens is 418 g/mol. The van der Waals surface area contributed by atoms with Crippen molar-refractivity contribution in [2.45, 2.75) is 19.3 Å². The van der Waals surface area contributed by atoms with Gasteiger partial charge in [0.25, 0.3) is 0 Å². The van der Waals surface area contributed by atoms with Crippen molar-refractivity contribution in [3.8, 4) is 12.1 Å². The molecule has 0 saturated carbocycles. The molecule has 0 N–H and O–H groups in total. The van der Waals surface area contributed by atoms with Gasteiger partial charge in [0.1, 0.15) is 0 Å². The van der Waals surface area contributed by atoms with Crippen LogP contribution in [0.5, 0.6) is 0 Å². The van der Waals surface area contributed by atoms with E-state index in [1.54, 1.807) is 0 Å². The van der Waals surface area contributed by atoms with Crippen molar-refractivity contribution < 1.29 is 4.79 Å². The van der Waals surface area contributed by atoms with E-state index in [-0.39, 0.29) is 11.2 Å². The van der Waals surface area contributed by atoms with Crippen LogP contribution in [0.2, 0.25) is 0 Å². The quantitative estimate of drug-likeness (QED) is 0.275. The first-order valence-corrected chi connectivity index (χ1v) is 11.2. The Morgan fingerprint density at radius 2 is 1.41 bits per heavy atom. The molecule has 0 bridgehead atoms. The van der Waals surface area contributed by atoms with Gasteiger partial charge in [-0.2, -0.15) is 10.5 Å². The highest BCUT2D eigenvalue weighted by atomic mass is 16.1. The first-order valence-electron chi connectivity index (χ1n) is 11.2. The lowest BCUT2D eigenvalue weighted by Crippen LogP contribution is -2.30. The maximum atomic E-state index is 14.0. The second kappa shape index (κ2) is 6.01. The number of nitrogens with zero attached hydrogens (tertiary/aromatic N) is 3. The van der Waals surface area contributed by atoms with E-state index in [4.69, 9.17) is 0 Å². The largest absolute Gasteiger partial charge is 0.308 e. The van der Waals surface area contributed by atoms with Crippen LogP contribution in [0.25, 0.3) is 38.1 Å². The minimum Gasteiger partial charge on any atom is -0.308 e. The average molecular weight is 435 g/mol. The van der Waals surface area contributed by atoms with Crippen molar-refractivity contribution in [2.75, 3.05) is 0 Å². The predicted octanol–water partition coefficient (Wildman–Crippen LogP) is 6.45. The second-order valence-electron chi connectivity index (χ2n) is 9.59. The highest BCUT2D eigenvalue weighted by Gasteiger charge is 2.39. The minimum absolute atomic E-state index is 0.0357. The smallest absolute Gasteiger partial charge is 0.194 e. The van der Waals surface area contributed by atoms with Gasteiger partial charge in [-0.1, -0.05) is 50.2 Å². The van der Waals surface area contributed by atoms with E-state index in [9.17, 15) is 15.3 Å². The number of hydrogen-bond acceptors (Lipinski definition) is 3. The average Bonchev–Trinajstić information content (AvgIpc) is 3.37. The Labute approximate surface area is 195 Å². The molecule has 0 amide bonds. The van der Waals surface area contributed by atoms with Crippen LogP contribution in [0.4, 0.5) is 0 Å². The molecule has 7 rings (SSSR count). The molecule has 4 nitrogen and oxygen atoms in total. The molecule has 0 spiro atoms. The summed E-state index contributed by atoms with van der Waals surface area (Å²) in [5.41, 5.74) is 7.06. The Balaban J connectivity index is 1.80. The van der Waals surface area contributed by atoms with E-state index in [0.717, 1.165) is 60.3 Å². The lowest BCUT2D eigenvalue weighted by atomic mass is 9.67. The van der Waals surface area contributed by atoms with E-state index in [1.807, 2.05) is 54.6 Å². The van der Waals surface area contributed by atoms with Gasteiger partial charge >= 0.3 is 0 Å². The number of rotatable bonds is 0. The summed E-state index contributed by atoms with van der Waals surface area (Å²) in [6, 6.07) is 25.9. The van der Waals surface area contributed by atoms with Crippen LogP contribution in [0.3, 0.4) is 0 Å². The molecule has 0 radical (unpaired) electrons. The zero-order valence-electron chi connectivity index (χ0n) is 18.6. The number of carbonyl (C=O) groups is 1. The molecule has 4 heteroatoms. The summed E-state index contributed by atoms with van der Waals surface area (Å²) < 4.78 is 2.12. The number of carbonyl (C=O) groups excluding carboxylic acids is 1. The number of benzene rings is 4. The van der Waals surface area contributed by atoms with Crippen molar-refractivity contribution >= 4 is 43.9 Å². The van der Waals surface area contributed by atoms with Crippen LogP contribution in [0, 0.1) is 22.7 Å². The van der Waals surface area contributed by atoms with E-state index in [0.29, 0.717) is 11.1 Å². The standard InChI is InChI=1S/C30H17N3O/c1-30(2)22-6-4-3-5-19(22)29(34)27-23(30)13-21-18-9-7-16(14-31)11-24(18)33-25-12-17(15-32)8-10-20(25)26(27)28(21)33/h3-13H,1-2H3. The molecule has 6 aromatic rings. The highest BCUT2D eigenvalue weighted by molar-refractivity contribution is 6.32. The fourth-order valence-electron chi connectivity index (χ4n) is 5.99. The molecule has 4 aromatic carbocycles. The van der Waals surface area contributed by atoms with E-state index < -0.39 is 0 Å².